The third kappa shape index (κ3) is 368. The van der Waals surface area contributed by atoms with Gasteiger partial charge in [0.25, 0.3) is 0 Å². The van der Waals surface area contributed by atoms with Gasteiger partial charge in [0.05, 0.1) is 6.26 Å². The van der Waals surface area contributed by atoms with E-state index in [9.17, 15) is 8.42 Å². The third-order valence-electron chi connectivity index (χ3n) is 20.0. The molecule has 0 rings (SSSR count). The van der Waals surface area contributed by atoms with E-state index in [0.717, 1.165) is 6.54 Å². The highest BCUT2D eigenvalue weighted by atomic mass is 32.2. The van der Waals surface area contributed by atoms with Gasteiger partial charge in [-0.25, -0.2) is 12.7 Å². The Morgan fingerprint density at radius 2 is 0.238 bits per heavy atom. The van der Waals surface area contributed by atoms with Crippen LogP contribution in [0.15, 0.2) is 0 Å². The Bertz CT molecular complexity index is 1640. The van der Waals surface area contributed by atoms with Gasteiger partial charge in [0.2, 0.25) is 10.0 Å². The van der Waals surface area contributed by atoms with Crippen LogP contribution in [0, 0.1) is 103 Å². The zero-order valence-corrected chi connectivity index (χ0v) is 105. The fourth-order valence-corrected chi connectivity index (χ4v) is 3.11. The van der Waals surface area contributed by atoms with Crippen LogP contribution in [0.5, 0.6) is 0 Å². The summed E-state index contributed by atoms with van der Waals surface area (Å²) in [6.07, 6.45) is 24.2. The number of hydrogen-bond donors (Lipinski definition) is 0. The van der Waals surface area contributed by atoms with Crippen LogP contribution >= 0.6 is 0 Å². The molecular weight excluding hydrogens is 1500 g/mol. The van der Waals surface area contributed by atoms with Crippen molar-refractivity contribution in [3.05, 3.63) is 0 Å². The average Bonchev–Trinajstić information content (AvgIpc) is 0.883. The maximum Gasteiger partial charge on any atom is 0.210 e. The fraction of sp³-hybridized carbons (Fsp3) is 1.00. The zero-order valence-electron chi connectivity index (χ0n) is 104. The summed E-state index contributed by atoms with van der Waals surface area (Å²) in [6.45, 7) is 167. The van der Waals surface area contributed by atoms with Crippen LogP contribution in [0.25, 0.3) is 0 Å². The van der Waals surface area contributed by atoms with E-state index in [-0.39, 0.29) is 5.41 Å². The van der Waals surface area contributed by atoms with Gasteiger partial charge in [-0.05, 0) is 123 Å². The van der Waals surface area contributed by atoms with Gasteiger partial charge in [-0.2, -0.15) is 0 Å². The minimum absolute atomic E-state index is 0.0256. The van der Waals surface area contributed by atoms with Crippen LogP contribution < -0.4 is 0 Å². The largest absolute Gasteiger partial charge is 0.309 e. The van der Waals surface area contributed by atoms with Gasteiger partial charge in [0.1, 0.15) is 0 Å². The maximum atomic E-state index is 10.9. The van der Waals surface area contributed by atoms with Crippen molar-refractivity contribution in [3.8, 4) is 0 Å². The van der Waals surface area contributed by atoms with E-state index < -0.39 is 10.0 Å². The molecular formula is C117H274N2O2S. The number of hydrogen-bond acceptors (Lipinski definition) is 3. The summed E-state index contributed by atoms with van der Waals surface area (Å²) >= 11 is 0. The second-order valence-electron chi connectivity index (χ2n) is 57.8. The monoisotopic (exact) mass is 1770 g/mol. The van der Waals surface area contributed by atoms with Crippen LogP contribution in [0.2, 0.25) is 0 Å². The van der Waals surface area contributed by atoms with E-state index in [0.29, 0.717) is 104 Å². The average molecular weight is 1770 g/mol. The predicted octanol–water partition coefficient (Wildman–Crippen LogP) is 44.4. The van der Waals surface area contributed by atoms with E-state index in [1.165, 1.54) is 126 Å². The molecule has 4 nitrogen and oxygen atoms in total. The Labute approximate surface area is 793 Å². The van der Waals surface area contributed by atoms with Gasteiger partial charge in [-0.1, -0.05) is 622 Å². The Morgan fingerprint density at radius 3 is 0.246 bits per heavy atom. The van der Waals surface area contributed by atoms with Crippen molar-refractivity contribution >= 4 is 10.0 Å². The molecule has 0 aromatic heterocycles. The smallest absolute Gasteiger partial charge is 0.210 e. The van der Waals surface area contributed by atoms with Crippen molar-refractivity contribution in [2.24, 2.45) is 103 Å². The van der Waals surface area contributed by atoms with Gasteiger partial charge >= 0.3 is 0 Å². The molecule has 0 aliphatic rings. The first-order chi connectivity index (χ1) is 52.1. The molecule has 0 fully saturated rings. The first-order valence-corrected chi connectivity index (χ1v) is 52.5. The lowest BCUT2D eigenvalue weighted by Crippen LogP contribution is -2.33. The lowest BCUT2D eigenvalue weighted by molar-refractivity contribution is 0.263. The highest BCUT2D eigenvalue weighted by Gasteiger charge is 2.20. The van der Waals surface area contributed by atoms with Crippen molar-refractivity contribution < 1.29 is 8.42 Å². The Hall–Kier alpha value is -0.130. The molecule has 0 aromatic carbocycles. The van der Waals surface area contributed by atoms with Crippen LogP contribution in [-0.4, -0.2) is 58.1 Å². The summed E-state index contributed by atoms with van der Waals surface area (Å²) in [4.78, 5) is 2.21. The van der Waals surface area contributed by atoms with E-state index in [4.69, 9.17) is 0 Å². The number of sulfonamides is 1. The van der Waals surface area contributed by atoms with Crippen molar-refractivity contribution in [1.29, 1.82) is 0 Å². The van der Waals surface area contributed by atoms with Gasteiger partial charge < -0.3 is 4.90 Å². The van der Waals surface area contributed by atoms with E-state index in [1.54, 1.807) is 7.05 Å². The minimum Gasteiger partial charge on any atom is -0.309 e. The lowest BCUT2D eigenvalue weighted by Gasteiger charge is -2.24. The van der Waals surface area contributed by atoms with Crippen molar-refractivity contribution in [2.75, 3.05) is 40.5 Å². The molecule has 0 aliphatic carbocycles. The predicted molar refractivity (Wildman–Crippen MR) is 595 cm³/mol. The molecule has 5 heteroatoms. The molecule has 0 heterocycles. The minimum atomic E-state index is -3.00. The Balaban J connectivity index is -0.0000000541. The second-order valence-corrected chi connectivity index (χ2v) is 59.9. The molecule has 0 N–H and O–H groups in total. The zero-order chi connectivity index (χ0) is 105. The Kier molecular flexibility index (Phi) is 113. The first-order valence-electron chi connectivity index (χ1n) is 50.6. The van der Waals surface area contributed by atoms with Gasteiger partial charge in [-0.3, -0.25) is 0 Å². The van der Waals surface area contributed by atoms with Gasteiger partial charge in [0.15, 0.2) is 0 Å². The number of nitrogens with zero attached hydrogens (tertiary/aromatic N) is 2. The van der Waals surface area contributed by atoms with Crippen LogP contribution in [0.1, 0.15) is 628 Å². The van der Waals surface area contributed by atoms with Crippen LogP contribution in [-0.2, 0) is 10.0 Å². The van der Waals surface area contributed by atoms with Crippen LogP contribution in [0.4, 0.5) is 0 Å². The molecule has 0 atom stereocenters. The summed E-state index contributed by atoms with van der Waals surface area (Å²) in [5.41, 5.74) is 9.69. The van der Waals surface area contributed by atoms with E-state index in [1.807, 2.05) is 20.8 Å². The van der Waals surface area contributed by atoms with E-state index in [2.05, 4.69) is 511 Å². The van der Waals surface area contributed by atoms with E-state index >= 15 is 0 Å². The highest BCUT2D eigenvalue weighted by molar-refractivity contribution is 7.88. The molecule has 770 valence electrons. The normalized spacial score (nSPS) is 12.2. The number of rotatable bonds is 4. The molecule has 0 amide bonds. The third-order valence-corrected chi connectivity index (χ3v) is 21.3. The molecule has 0 saturated heterocycles. The quantitative estimate of drug-likeness (QED) is 0.282. The summed E-state index contributed by atoms with van der Waals surface area (Å²) in [7, 11) is 2.80. The molecule has 122 heavy (non-hydrogen) atoms. The fourth-order valence-electron chi connectivity index (χ4n) is 2.48. The molecule has 0 bridgehead atoms. The SMILES string of the molecule is CCC(C)(C)C.CCC(C)(C)C.CCC(C)(C)C.CCC(C)(C)C.CCC(C)(C)C.CCC(C)(C)C.CCC(C)(C)C.CCC(C)(C)C.CCC(C)(C)C.CCC(C)(C)C.CCC(C)(C)C.CCC(C)(C)C.CCC(C)(C)C.CCC(C)(C)C.CCC(C)(C)C.CCC(C)(C)C.CCCC(C)(C)C.CN(C)CC(C)(C)C.CN(CC(C)(C)C)S(C)(=O)=O. The van der Waals surface area contributed by atoms with Crippen molar-refractivity contribution in [2.45, 2.75) is 628 Å². The second kappa shape index (κ2) is 81.6. The molecule has 0 saturated carbocycles. The lowest BCUT2D eigenvalue weighted by atomic mass is 9.91. The molecule has 0 unspecified atom stereocenters. The molecule has 0 spiro atoms. The van der Waals surface area contributed by atoms with Gasteiger partial charge in [-0.15, -0.1) is 0 Å². The van der Waals surface area contributed by atoms with Crippen molar-refractivity contribution in [1.82, 2.24) is 9.21 Å². The Morgan fingerprint density at radius 1 is 0.156 bits per heavy atom. The van der Waals surface area contributed by atoms with Gasteiger partial charge in [0, 0.05) is 20.1 Å². The van der Waals surface area contributed by atoms with Crippen molar-refractivity contribution in [3.63, 3.8) is 0 Å². The molecule has 0 radical (unpaired) electrons. The molecule has 0 aromatic rings. The van der Waals surface area contributed by atoms with Crippen LogP contribution in [0.3, 0.4) is 0 Å². The summed E-state index contributed by atoms with van der Waals surface area (Å²) in [5, 5.41) is 0. The molecule has 0 aliphatic heterocycles. The summed E-state index contributed by atoms with van der Waals surface area (Å²) < 4.78 is 23.2. The highest BCUT2D eigenvalue weighted by Crippen LogP contribution is 2.26. The standard InChI is InChI=1S/C7H17NO2S.C7H17N.C7H16.16C6H14/c1-7(2,3)6-8(4)11(5,9)10;1-7(2,3)6-8(4)5;1-5-6-7(2,3)4;16*1-5-6(2,3)4/h6H2,1-5H3;6H2,1-5H3;5-6H2,1-4H3;16*5H2,1-4H3. The summed E-state index contributed by atoms with van der Waals surface area (Å²) in [6, 6.07) is 0. The maximum absolute atomic E-state index is 10.9. The summed E-state index contributed by atoms with van der Waals surface area (Å²) in [5.74, 6) is 0. The topological polar surface area (TPSA) is 40.6 Å². The first kappa shape index (κ1) is 168.